The van der Waals surface area contributed by atoms with Gasteiger partial charge in [-0.05, 0) is 102 Å². The number of hydrogen-bond donors (Lipinski definition) is 1. The summed E-state index contributed by atoms with van der Waals surface area (Å²) in [5.41, 5.74) is 11.0. The van der Waals surface area contributed by atoms with Crippen LogP contribution in [0.25, 0.3) is 55.2 Å². The van der Waals surface area contributed by atoms with Gasteiger partial charge in [-0.15, -0.1) is 0 Å². The second-order valence-corrected chi connectivity index (χ2v) is 14.2. The fourth-order valence-corrected chi connectivity index (χ4v) is 8.48. The van der Waals surface area contributed by atoms with Crippen molar-refractivity contribution in [3.8, 4) is 0 Å². The van der Waals surface area contributed by atoms with E-state index in [1.165, 1.54) is 87.5 Å². The number of fused-ring (bicyclic) bond motifs is 6. The summed E-state index contributed by atoms with van der Waals surface area (Å²) in [4.78, 5) is 2.52. The van der Waals surface area contributed by atoms with Crippen LogP contribution < -0.4 is 20.7 Å². The summed E-state index contributed by atoms with van der Waals surface area (Å²) >= 11 is 0. The molecule has 0 saturated heterocycles. The van der Waals surface area contributed by atoms with Crippen LogP contribution in [0.2, 0.25) is 0 Å². The van der Waals surface area contributed by atoms with Crippen LogP contribution >= 0.6 is 0 Å². The number of benzene rings is 8. The highest BCUT2D eigenvalue weighted by molar-refractivity contribution is 6.07. The van der Waals surface area contributed by atoms with Gasteiger partial charge in [0.25, 0.3) is 0 Å². The van der Waals surface area contributed by atoms with Crippen molar-refractivity contribution in [2.45, 2.75) is 26.8 Å². The summed E-state index contributed by atoms with van der Waals surface area (Å²) in [7, 11) is 0. The average Bonchev–Trinajstić information content (AvgIpc) is 3.26. The highest BCUT2D eigenvalue weighted by atomic mass is 15.1. The van der Waals surface area contributed by atoms with Crippen LogP contribution in [0.5, 0.6) is 0 Å². The number of anilines is 2. The smallest absolute Gasteiger partial charge is 0.0707 e. The molecule has 1 N–H and O–H groups in total. The Morgan fingerprint density at radius 3 is 2.05 bits per heavy atom. The first-order chi connectivity index (χ1) is 27.2. The van der Waals surface area contributed by atoms with Gasteiger partial charge in [0.15, 0.2) is 0 Å². The van der Waals surface area contributed by atoms with Gasteiger partial charge in [0, 0.05) is 34.6 Å². The van der Waals surface area contributed by atoms with E-state index >= 15 is 0 Å². The van der Waals surface area contributed by atoms with Crippen LogP contribution in [-0.2, 0) is 0 Å². The minimum Gasteiger partial charge on any atom is -0.374 e. The second kappa shape index (κ2) is 14.6. The molecular formula is C53H44N2. The standard InChI is InChI=1S/C51H38N2.C2H6/c1-34-42-19-9-7-15-37(42)29-30-53(50-27-25-36-14-8-10-20-44(36)51(34)50)49-28-26-43(45-21-11-12-22-46(45)49)41-32-47(38-16-3-2-4-17-38)52-48(33-41)40-24-23-35-13-5-6-18-39(35)31-40;1-2/h2-29,31-33,47,52H,30H2,1H3;1-2H3/b37-29-,42-34+;. The van der Waals surface area contributed by atoms with E-state index in [0.29, 0.717) is 0 Å². The summed E-state index contributed by atoms with van der Waals surface area (Å²) in [6, 6.07) is 62.0. The van der Waals surface area contributed by atoms with Gasteiger partial charge in [-0.1, -0.05) is 172 Å². The van der Waals surface area contributed by atoms with Crippen molar-refractivity contribution in [2.24, 2.45) is 0 Å². The van der Waals surface area contributed by atoms with Crippen molar-refractivity contribution < 1.29 is 0 Å². The van der Waals surface area contributed by atoms with Crippen molar-refractivity contribution in [1.29, 1.82) is 0 Å². The highest BCUT2D eigenvalue weighted by Crippen LogP contribution is 2.43. The quantitative estimate of drug-likeness (QED) is 0.196. The number of nitrogens with zero attached hydrogens (tertiary/aromatic N) is 1. The van der Waals surface area contributed by atoms with E-state index < -0.39 is 0 Å². The van der Waals surface area contributed by atoms with Crippen LogP contribution in [0, 0.1) is 0 Å². The lowest BCUT2D eigenvalue weighted by molar-refractivity contribution is 0.767. The van der Waals surface area contributed by atoms with E-state index in [1.807, 2.05) is 13.8 Å². The number of hydrogen-bond acceptors (Lipinski definition) is 2. The van der Waals surface area contributed by atoms with Crippen LogP contribution in [0.15, 0.2) is 182 Å². The fourth-order valence-electron chi connectivity index (χ4n) is 8.48. The van der Waals surface area contributed by atoms with Crippen molar-refractivity contribution in [1.82, 2.24) is 5.32 Å². The number of nitrogens with one attached hydrogen (secondary N) is 1. The Balaban J connectivity index is 0.00000195. The molecule has 2 heteroatoms. The predicted octanol–water partition coefficient (Wildman–Crippen LogP) is 12.1. The number of rotatable bonds is 4. The Bertz CT molecular complexity index is 2910. The van der Waals surface area contributed by atoms with E-state index in [1.54, 1.807) is 0 Å². The Morgan fingerprint density at radius 1 is 0.564 bits per heavy atom. The highest BCUT2D eigenvalue weighted by Gasteiger charge is 2.23. The Kier molecular flexibility index (Phi) is 9.09. The van der Waals surface area contributed by atoms with Crippen LogP contribution in [0.3, 0.4) is 0 Å². The number of dihydropyridines is 1. The van der Waals surface area contributed by atoms with Gasteiger partial charge in [-0.25, -0.2) is 0 Å². The van der Waals surface area contributed by atoms with E-state index in [2.05, 4.69) is 205 Å². The normalized spacial score (nSPS) is 16.6. The summed E-state index contributed by atoms with van der Waals surface area (Å²) in [6.45, 7) is 7.04. The molecule has 2 aliphatic heterocycles. The van der Waals surface area contributed by atoms with Crippen molar-refractivity contribution >= 4 is 66.6 Å². The first kappa shape index (κ1) is 34.1. The topological polar surface area (TPSA) is 15.3 Å². The molecule has 0 amide bonds. The first-order valence-electron chi connectivity index (χ1n) is 19.5. The van der Waals surface area contributed by atoms with Crippen molar-refractivity contribution in [3.63, 3.8) is 0 Å². The van der Waals surface area contributed by atoms with E-state index in [4.69, 9.17) is 0 Å². The maximum Gasteiger partial charge on any atom is 0.0707 e. The zero-order valence-electron chi connectivity index (χ0n) is 31.6. The second-order valence-electron chi connectivity index (χ2n) is 14.2. The van der Waals surface area contributed by atoms with E-state index in [0.717, 1.165) is 12.2 Å². The lowest BCUT2D eigenvalue weighted by Crippen LogP contribution is -2.31. The maximum absolute atomic E-state index is 3.88. The molecule has 266 valence electrons. The van der Waals surface area contributed by atoms with Gasteiger partial charge < -0.3 is 10.2 Å². The molecule has 0 radical (unpaired) electrons. The third kappa shape index (κ3) is 6.20. The summed E-state index contributed by atoms with van der Waals surface area (Å²) in [5, 5.41) is 14.0. The molecule has 0 spiro atoms. The molecule has 0 fully saturated rings. The van der Waals surface area contributed by atoms with Gasteiger partial charge >= 0.3 is 0 Å². The molecule has 10 rings (SSSR count). The molecular weight excluding hydrogens is 665 g/mol. The lowest BCUT2D eigenvalue weighted by Gasteiger charge is -2.31. The van der Waals surface area contributed by atoms with Gasteiger partial charge in [0.05, 0.1) is 6.04 Å². The molecule has 8 aromatic carbocycles. The molecule has 0 saturated carbocycles. The zero-order valence-corrected chi connectivity index (χ0v) is 31.6. The molecule has 2 aliphatic rings. The maximum atomic E-state index is 3.88. The van der Waals surface area contributed by atoms with E-state index in [9.17, 15) is 0 Å². The monoisotopic (exact) mass is 708 g/mol. The van der Waals surface area contributed by atoms with Gasteiger partial charge in [-0.2, -0.15) is 0 Å². The van der Waals surface area contributed by atoms with Crippen molar-refractivity contribution in [2.75, 3.05) is 11.4 Å². The molecule has 1 atom stereocenters. The predicted molar refractivity (Wildman–Crippen MR) is 237 cm³/mol. The van der Waals surface area contributed by atoms with Gasteiger partial charge in [0.1, 0.15) is 0 Å². The fraction of sp³-hybridized carbons (Fsp3) is 0.0943. The van der Waals surface area contributed by atoms with Crippen LogP contribution in [0.1, 0.15) is 49.1 Å². The van der Waals surface area contributed by atoms with Crippen molar-refractivity contribution in [3.05, 3.63) is 215 Å². The minimum atomic E-state index is 0.0267. The molecule has 0 aliphatic carbocycles. The summed E-state index contributed by atoms with van der Waals surface area (Å²) < 4.78 is 0. The summed E-state index contributed by atoms with van der Waals surface area (Å²) in [6.07, 6.45) is 7.12. The molecule has 1 unspecified atom stereocenters. The first-order valence-corrected chi connectivity index (χ1v) is 19.5. The third-order valence-electron chi connectivity index (χ3n) is 11.1. The molecule has 8 aromatic rings. The molecule has 0 bridgehead atoms. The Morgan fingerprint density at radius 2 is 1.22 bits per heavy atom. The lowest BCUT2D eigenvalue weighted by atomic mass is 9.89. The molecule has 2 heterocycles. The van der Waals surface area contributed by atoms with Crippen LogP contribution in [-0.4, -0.2) is 6.54 Å². The minimum absolute atomic E-state index is 0.0267. The Hall–Kier alpha value is -6.64. The molecule has 0 aromatic heterocycles. The SMILES string of the molecule is C/C1=c2/cccc/c2=C/CN(c2ccc(C3=CC(c4ccccc4)NC(c4ccc5ccccc5c4)=C3)c3ccccc23)c2ccc3ccccc3c21.CC. The molecule has 55 heavy (non-hydrogen) atoms. The van der Waals surface area contributed by atoms with Crippen LogP contribution in [0.4, 0.5) is 11.4 Å². The zero-order chi connectivity index (χ0) is 37.3. The van der Waals surface area contributed by atoms with Gasteiger partial charge in [0.2, 0.25) is 0 Å². The average molecular weight is 709 g/mol. The van der Waals surface area contributed by atoms with E-state index in [-0.39, 0.29) is 6.04 Å². The third-order valence-corrected chi connectivity index (χ3v) is 11.1. The largest absolute Gasteiger partial charge is 0.374 e. The molecule has 2 nitrogen and oxygen atoms in total. The Labute approximate surface area is 323 Å². The van der Waals surface area contributed by atoms with Gasteiger partial charge in [-0.3, -0.25) is 0 Å². The summed E-state index contributed by atoms with van der Waals surface area (Å²) in [5.74, 6) is 0. The number of allylic oxidation sites excluding steroid dienone is 2.